The second-order valence-corrected chi connectivity index (χ2v) is 2.52. The molecule has 0 bridgehead atoms. The minimum absolute atomic E-state index is 0.468. The number of hydrogen-bond donors (Lipinski definition) is 1. The molecule has 0 rings (SSSR count). The lowest BCUT2D eigenvalue weighted by Gasteiger charge is -2.14. The lowest BCUT2D eigenvalue weighted by Crippen LogP contribution is -2.21. The highest BCUT2D eigenvalue weighted by molar-refractivity contribution is 5.73. The van der Waals surface area contributed by atoms with Crippen molar-refractivity contribution in [2.24, 2.45) is 5.41 Å². The molecule has 0 saturated carbocycles. The summed E-state index contributed by atoms with van der Waals surface area (Å²) >= 11 is 0. The molecule has 0 spiro atoms. The number of hydrogen-bond acceptors (Lipinski definition) is 2. The molecule has 2 nitrogen and oxygen atoms in total. The van der Waals surface area contributed by atoms with E-state index in [1.165, 1.54) is 0 Å². The fraction of sp³-hybridized carbons (Fsp3) is 0.833. The Labute approximate surface area is 51.0 Å². The van der Waals surface area contributed by atoms with Crippen LogP contribution in [0.15, 0.2) is 0 Å². The van der Waals surface area contributed by atoms with E-state index in [-0.39, 0.29) is 0 Å². The van der Waals surface area contributed by atoms with Crippen molar-refractivity contribution in [2.45, 2.75) is 27.2 Å². The summed E-state index contributed by atoms with van der Waals surface area (Å²) in [7, 11) is 0. The van der Waals surface area contributed by atoms with Gasteiger partial charge in [0.1, 0.15) is 0 Å². The minimum Gasteiger partial charge on any atom is -0.481 e. The van der Waals surface area contributed by atoms with Crippen LogP contribution in [0.5, 0.6) is 0 Å². The Morgan fingerprint density at radius 2 is 2.38 bits per heavy atom. The monoisotopic (exact) mass is 118 g/mol. The van der Waals surface area contributed by atoms with Gasteiger partial charge in [0.05, 0.1) is 5.41 Å². The zero-order valence-electron chi connectivity index (χ0n) is 6.52. The predicted octanol–water partition coefficient (Wildman–Crippen LogP) is 1.51. The van der Waals surface area contributed by atoms with Gasteiger partial charge in [-0.3, -0.25) is 4.79 Å². The van der Waals surface area contributed by atoms with Crippen LogP contribution < -0.4 is 0 Å². The molecule has 0 amide bonds. The van der Waals surface area contributed by atoms with E-state index in [4.69, 9.17) is 1.43 Å². The summed E-state index contributed by atoms with van der Waals surface area (Å²) in [4.78, 5) is 10.7. The molecule has 0 aromatic rings. The summed E-state index contributed by atoms with van der Waals surface area (Å²) in [6.07, 6.45) is 0.699. The molecule has 0 aliphatic carbocycles. The first-order chi connectivity index (χ1) is 4.04. The third-order valence-electron chi connectivity index (χ3n) is 1.44. The molecule has 0 fully saturated rings. The van der Waals surface area contributed by atoms with Gasteiger partial charge in [-0.05, 0) is 20.3 Å². The Kier molecular flexibility index (Phi) is 1.51. The van der Waals surface area contributed by atoms with Crippen molar-refractivity contribution in [3.05, 3.63) is 0 Å². The first-order valence-corrected chi connectivity index (χ1v) is 2.72. The van der Waals surface area contributed by atoms with Crippen LogP contribution in [-0.2, 0) is 4.79 Å². The topological polar surface area (TPSA) is 37.3 Å². The van der Waals surface area contributed by atoms with Crippen molar-refractivity contribution in [1.29, 1.82) is 1.43 Å². The second-order valence-electron chi connectivity index (χ2n) is 2.52. The largest absolute Gasteiger partial charge is 0.481 e. The van der Waals surface area contributed by atoms with E-state index in [1.807, 2.05) is 6.92 Å². The van der Waals surface area contributed by atoms with Crippen molar-refractivity contribution in [1.82, 2.24) is 0 Å². The average Bonchev–Trinajstić information content (AvgIpc) is 1.86. The van der Waals surface area contributed by atoms with E-state index in [2.05, 4.69) is 5.11 Å². The number of carboxylic acid groups (broad SMARTS) is 1. The van der Waals surface area contributed by atoms with Crippen molar-refractivity contribution >= 4 is 5.97 Å². The molecule has 8 heavy (non-hydrogen) atoms. The second kappa shape index (κ2) is 2.16. The van der Waals surface area contributed by atoms with Gasteiger partial charge in [-0.2, -0.15) is 0 Å². The number of aliphatic carboxylic acids is 1. The maximum absolute atomic E-state index is 10.7. The molecule has 0 aromatic heterocycles. The van der Waals surface area contributed by atoms with Crippen LogP contribution in [0, 0.1) is 5.41 Å². The minimum atomic E-state index is -0.498. The van der Waals surface area contributed by atoms with E-state index >= 15 is 0 Å². The lowest BCUT2D eigenvalue weighted by atomic mass is 9.91. The van der Waals surface area contributed by atoms with Crippen molar-refractivity contribution < 1.29 is 9.90 Å². The van der Waals surface area contributed by atoms with Gasteiger partial charge in [0, 0.05) is 0 Å². The summed E-state index contributed by atoms with van der Waals surface area (Å²) in [5, 5.41) is 3.82. The molecule has 0 atom stereocenters. The Balaban J connectivity index is 3.97. The summed E-state index contributed by atoms with van der Waals surface area (Å²) in [6, 6.07) is 0. The molecule has 1 N–H and O–H groups in total. The van der Waals surface area contributed by atoms with Crippen molar-refractivity contribution in [3.8, 4) is 0 Å². The maximum atomic E-state index is 10.7. The Morgan fingerprint density at radius 3 is 2.50 bits per heavy atom. The standard InChI is InChI=1S/C6H12O2/c1-4-6(2,3)5(7)8/h4H2,1-3H3,(H,7,8)/i/hT. The van der Waals surface area contributed by atoms with E-state index in [0.717, 1.165) is 0 Å². The Bertz CT molecular complexity index is 110. The van der Waals surface area contributed by atoms with Crippen molar-refractivity contribution in [2.75, 3.05) is 0 Å². The van der Waals surface area contributed by atoms with Gasteiger partial charge in [-0.25, -0.2) is 0 Å². The number of rotatable bonds is 2. The fourth-order valence-electron chi connectivity index (χ4n) is 0.144. The zero-order valence-corrected chi connectivity index (χ0v) is 5.52. The first-order valence-electron chi connectivity index (χ1n) is 3.13. The van der Waals surface area contributed by atoms with Crippen LogP contribution in [0.25, 0.3) is 1.43 Å². The molecule has 0 radical (unpaired) electrons. The molecule has 0 saturated heterocycles. The average molecular weight is 118 g/mol. The summed E-state index contributed by atoms with van der Waals surface area (Å²) in [6.45, 7) is 5.39. The quantitative estimate of drug-likeness (QED) is 0.596. The molecular weight excluding hydrogens is 104 g/mol. The van der Waals surface area contributed by atoms with Gasteiger partial charge in [0.2, 0.25) is 0 Å². The van der Waals surface area contributed by atoms with Crippen LogP contribution in [0.2, 0.25) is 0 Å². The third kappa shape index (κ3) is 1.52. The van der Waals surface area contributed by atoms with Gasteiger partial charge in [0.15, 0.2) is 0 Å². The molecule has 0 unspecified atom stereocenters. The van der Waals surface area contributed by atoms with Gasteiger partial charge >= 0.3 is 5.97 Å². The highest BCUT2D eigenvalue weighted by Crippen LogP contribution is 2.18. The van der Waals surface area contributed by atoms with Gasteiger partial charge in [0.25, 0.3) is 1.43 Å². The van der Waals surface area contributed by atoms with Crippen molar-refractivity contribution in [3.63, 3.8) is 0 Å². The van der Waals surface area contributed by atoms with Gasteiger partial charge in [-0.1, -0.05) is 6.92 Å². The fourth-order valence-corrected chi connectivity index (χ4v) is 0.144. The van der Waals surface area contributed by atoms with Crippen LogP contribution in [-0.4, -0.2) is 11.1 Å². The molecule has 48 valence electrons. The van der Waals surface area contributed by atoms with Gasteiger partial charge < -0.3 is 5.11 Å². The normalized spacial score (nSPS) is 12.6. The Hall–Kier alpha value is -0.530. The Morgan fingerprint density at radius 1 is 1.88 bits per heavy atom. The molecule has 0 aliphatic rings. The predicted molar refractivity (Wildman–Crippen MR) is 31.7 cm³/mol. The van der Waals surface area contributed by atoms with Gasteiger partial charge in [-0.15, -0.1) is 0 Å². The van der Waals surface area contributed by atoms with E-state index < -0.39 is 11.4 Å². The SMILES string of the molecule is [3H]OC(=O)C(C)(C)CC. The summed E-state index contributed by atoms with van der Waals surface area (Å²) < 4.78 is 6.32. The smallest absolute Gasteiger partial charge is 0.309 e. The van der Waals surface area contributed by atoms with E-state index in [9.17, 15) is 4.79 Å². The van der Waals surface area contributed by atoms with Crippen LogP contribution in [0.4, 0.5) is 0 Å². The molecular formula is C6H12O2. The van der Waals surface area contributed by atoms with Crippen LogP contribution in [0.1, 0.15) is 27.2 Å². The summed E-state index contributed by atoms with van der Waals surface area (Å²) in [5.41, 5.74) is -0.498. The lowest BCUT2D eigenvalue weighted by molar-refractivity contribution is -0.147. The van der Waals surface area contributed by atoms with Crippen LogP contribution >= 0.6 is 0 Å². The van der Waals surface area contributed by atoms with E-state index in [0.29, 0.717) is 6.42 Å². The first kappa shape index (κ1) is 5.60. The highest BCUT2D eigenvalue weighted by atomic mass is 16.4. The highest BCUT2D eigenvalue weighted by Gasteiger charge is 2.23. The summed E-state index contributed by atoms with van der Waals surface area (Å²) in [5.74, 6) is -0.468. The van der Waals surface area contributed by atoms with E-state index in [1.54, 1.807) is 13.8 Å². The zero-order chi connectivity index (χ0) is 7.49. The molecule has 0 aromatic carbocycles. The molecule has 0 aliphatic heterocycles. The van der Waals surface area contributed by atoms with Crippen LogP contribution in [0.3, 0.4) is 0 Å². The number of carbonyl (C=O) groups is 1. The molecule has 0 heterocycles. The molecule has 2 heteroatoms. The maximum Gasteiger partial charge on any atom is 0.309 e. The third-order valence-corrected chi connectivity index (χ3v) is 1.44. The number of carboxylic acids is 1.